The van der Waals surface area contributed by atoms with Crippen molar-refractivity contribution in [1.82, 2.24) is 4.98 Å². The molecule has 1 heterocycles. The maximum atomic E-state index is 9.86. The Kier molecular flexibility index (Phi) is 2.59. The van der Waals surface area contributed by atoms with Gasteiger partial charge in [0.25, 0.3) is 0 Å². The lowest BCUT2D eigenvalue weighted by Gasteiger charge is -1.99. The van der Waals surface area contributed by atoms with Crippen LogP contribution in [0.25, 0.3) is 22.6 Å². The molecule has 0 aliphatic heterocycles. The van der Waals surface area contributed by atoms with Gasteiger partial charge in [-0.1, -0.05) is 28.1 Å². The Bertz CT molecular complexity index is 734. The molecular weight excluding hydrogens is 294 g/mol. The van der Waals surface area contributed by atoms with E-state index in [1.165, 1.54) is 0 Å². The van der Waals surface area contributed by atoms with Crippen molar-refractivity contribution in [2.45, 2.75) is 6.92 Å². The van der Waals surface area contributed by atoms with Gasteiger partial charge in [-0.05, 0) is 36.8 Å². The molecule has 0 saturated heterocycles. The van der Waals surface area contributed by atoms with Crippen LogP contribution in [0.4, 0.5) is 0 Å². The van der Waals surface area contributed by atoms with E-state index in [9.17, 15) is 5.11 Å². The predicted molar refractivity (Wildman–Crippen MR) is 73.5 cm³/mol. The molecule has 1 aromatic heterocycles. The van der Waals surface area contributed by atoms with E-state index in [0.717, 1.165) is 21.1 Å². The third kappa shape index (κ3) is 1.78. The van der Waals surface area contributed by atoms with Gasteiger partial charge < -0.3 is 9.52 Å². The highest BCUT2D eigenvalue weighted by Crippen LogP contribution is 2.33. The van der Waals surface area contributed by atoms with E-state index in [1.54, 1.807) is 18.2 Å². The molecule has 0 radical (unpaired) electrons. The van der Waals surface area contributed by atoms with E-state index in [2.05, 4.69) is 20.9 Å². The van der Waals surface area contributed by atoms with Crippen molar-refractivity contribution in [3.8, 4) is 17.2 Å². The molecule has 3 aromatic rings. The number of hydrogen-bond donors (Lipinski definition) is 1. The van der Waals surface area contributed by atoms with Gasteiger partial charge in [0.2, 0.25) is 5.89 Å². The van der Waals surface area contributed by atoms with Gasteiger partial charge in [0, 0.05) is 4.47 Å². The Morgan fingerprint density at radius 1 is 1.22 bits per heavy atom. The van der Waals surface area contributed by atoms with E-state index >= 15 is 0 Å². The summed E-state index contributed by atoms with van der Waals surface area (Å²) in [6.45, 7) is 1.98. The summed E-state index contributed by atoms with van der Waals surface area (Å²) in [6.07, 6.45) is 0. The predicted octanol–water partition coefficient (Wildman–Crippen LogP) is 4.27. The number of oxazole rings is 1. The Morgan fingerprint density at radius 3 is 2.83 bits per heavy atom. The molecular formula is C14H10BrNO2. The number of hydrogen-bond acceptors (Lipinski definition) is 3. The van der Waals surface area contributed by atoms with Gasteiger partial charge in [-0.25, -0.2) is 4.98 Å². The number of phenols is 1. The lowest BCUT2D eigenvalue weighted by Crippen LogP contribution is -1.80. The molecule has 0 aliphatic rings. The summed E-state index contributed by atoms with van der Waals surface area (Å²) in [5.41, 5.74) is 3.19. The van der Waals surface area contributed by atoms with E-state index in [4.69, 9.17) is 4.42 Å². The molecule has 3 rings (SSSR count). The van der Waals surface area contributed by atoms with E-state index in [1.807, 2.05) is 25.1 Å². The Labute approximate surface area is 112 Å². The van der Waals surface area contributed by atoms with Crippen molar-refractivity contribution >= 4 is 27.0 Å². The van der Waals surface area contributed by atoms with Crippen LogP contribution in [0.3, 0.4) is 0 Å². The molecule has 2 aromatic carbocycles. The number of aromatic nitrogens is 1. The van der Waals surface area contributed by atoms with E-state index < -0.39 is 0 Å². The van der Waals surface area contributed by atoms with Gasteiger partial charge in [-0.15, -0.1) is 0 Å². The molecule has 0 fully saturated rings. The standard InChI is InChI=1S/C14H10BrNO2/c1-8-3-2-4-12-13(8)16-14(18-12)10-7-9(15)5-6-11(10)17/h2-7,17H,1H3. The van der Waals surface area contributed by atoms with E-state index in [0.29, 0.717) is 11.5 Å². The number of para-hydroxylation sites is 1. The summed E-state index contributed by atoms with van der Waals surface area (Å²) >= 11 is 3.37. The first-order chi connectivity index (χ1) is 8.65. The Morgan fingerprint density at radius 2 is 2.06 bits per heavy atom. The second kappa shape index (κ2) is 4.14. The number of aromatic hydroxyl groups is 1. The average Bonchev–Trinajstić information content (AvgIpc) is 2.77. The highest BCUT2D eigenvalue weighted by molar-refractivity contribution is 9.10. The fourth-order valence-corrected chi connectivity index (χ4v) is 2.24. The Balaban J connectivity index is 2.26. The molecule has 1 N–H and O–H groups in total. The summed E-state index contributed by atoms with van der Waals surface area (Å²) < 4.78 is 6.55. The normalized spacial score (nSPS) is 11.0. The number of fused-ring (bicyclic) bond motifs is 1. The Hall–Kier alpha value is -1.81. The number of aryl methyl sites for hydroxylation is 1. The van der Waals surface area contributed by atoms with Gasteiger partial charge in [-0.2, -0.15) is 0 Å². The molecule has 18 heavy (non-hydrogen) atoms. The molecule has 0 spiro atoms. The smallest absolute Gasteiger partial charge is 0.231 e. The second-order valence-electron chi connectivity index (χ2n) is 4.10. The third-order valence-electron chi connectivity index (χ3n) is 2.81. The topological polar surface area (TPSA) is 46.3 Å². The number of halogens is 1. The molecule has 0 amide bonds. The molecule has 0 saturated carbocycles. The van der Waals surface area contributed by atoms with E-state index in [-0.39, 0.29) is 5.75 Å². The minimum atomic E-state index is 0.155. The highest BCUT2D eigenvalue weighted by atomic mass is 79.9. The average molecular weight is 304 g/mol. The molecule has 0 unspecified atom stereocenters. The zero-order chi connectivity index (χ0) is 12.7. The lowest BCUT2D eigenvalue weighted by molar-refractivity contribution is 0.474. The summed E-state index contributed by atoms with van der Waals surface area (Å²) in [6, 6.07) is 10.9. The van der Waals surface area contributed by atoms with Crippen LogP contribution in [-0.2, 0) is 0 Å². The largest absolute Gasteiger partial charge is 0.507 e. The summed E-state index contributed by atoms with van der Waals surface area (Å²) in [5.74, 6) is 0.584. The van der Waals surface area contributed by atoms with Crippen molar-refractivity contribution in [2.75, 3.05) is 0 Å². The minimum Gasteiger partial charge on any atom is -0.507 e. The molecule has 90 valence electrons. The van der Waals surface area contributed by atoms with Gasteiger partial charge in [0.15, 0.2) is 5.58 Å². The van der Waals surface area contributed by atoms with Crippen molar-refractivity contribution < 1.29 is 9.52 Å². The van der Waals surface area contributed by atoms with Gasteiger partial charge in [0.1, 0.15) is 11.3 Å². The lowest BCUT2D eigenvalue weighted by atomic mass is 10.2. The monoisotopic (exact) mass is 303 g/mol. The van der Waals surface area contributed by atoms with Crippen LogP contribution in [0.15, 0.2) is 45.3 Å². The van der Waals surface area contributed by atoms with Crippen molar-refractivity contribution in [1.29, 1.82) is 0 Å². The molecule has 4 heteroatoms. The number of benzene rings is 2. The second-order valence-corrected chi connectivity index (χ2v) is 5.02. The molecule has 0 bridgehead atoms. The summed E-state index contributed by atoms with van der Waals surface area (Å²) in [7, 11) is 0. The maximum absolute atomic E-state index is 9.86. The third-order valence-corrected chi connectivity index (χ3v) is 3.30. The SMILES string of the molecule is Cc1cccc2oc(-c3cc(Br)ccc3O)nc12. The highest BCUT2D eigenvalue weighted by Gasteiger charge is 2.13. The van der Waals surface area contributed by atoms with Crippen LogP contribution >= 0.6 is 15.9 Å². The van der Waals surface area contributed by atoms with Crippen molar-refractivity contribution in [3.05, 3.63) is 46.4 Å². The van der Waals surface area contributed by atoms with Crippen molar-refractivity contribution in [2.24, 2.45) is 0 Å². The number of phenolic OH excluding ortho intramolecular Hbond substituents is 1. The number of rotatable bonds is 1. The first-order valence-electron chi connectivity index (χ1n) is 5.50. The van der Waals surface area contributed by atoms with Crippen LogP contribution in [0.5, 0.6) is 5.75 Å². The van der Waals surface area contributed by atoms with Crippen LogP contribution in [0.1, 0.15) is 5.56 Å². The summed E-state index contributed by atoms with van der Waals surface area (Å²) in [4.78, 5) is 4.44. The summed E-state index contributed by atoms with van der Waals surface area (Å²) in [5, 5.41) is 9.86. The first-order valence-corrected chi connectivity index (χ1v) is 6.29. The fraction of sp³-hybridized carbons (Fsp3) is 0.0714. The minimum absolute atomic E-state index is 0.155. The quantitative estimate of drug-likeness (QED) is 0.730. The zero-order valence-electron chi connectivity index (χ0n) is 9.64. The van der Waals surface area contributed by atoms with Crippen LogP contribution in [0.2, 0.25) is 0 Å². The van der Waals surface area contributed by atoms with Gasteiger partial charge in [0.05, 0.1) is 5.56 Å². The van der Waals surface area contributed by atoms with Crippen LogP contribution in [0, 0.1) is 6.92 Å². The first kappa shape index (κ1) is 11.3. The van der Waals surface area contributed by atoms with Gasteiger partial charge >= 0.3 is 0 Å². The van der Waals surface area contributed by atoms with Crippen molar-refractivity contribution in [3.63, 3.8) is 0 Å². The molecule has 0 atom stereocenters. The van der Waals surface area contributed by atoms with Crippen LogP contribution in [-0.4, -0.2) is 10.1 Å². The van der Waals surface area contributed by atoms with Crippen LogP contribution < -0.4 is 0 Å². The maximum Gasteiger partial charge on any atom is 0.231 e. The zero-order valence-corrected chi connectivity index (χ0v) is 11.2. The fourth-order valence-electron chi connectivity index (χ4n) is 1.88. The molecule has 3 nitrogen and oxygen atoms in total. The number of nitrogens with zero attached hydrogens (tertiary/aromatic N) is 1. The molecule has 0 aliphatic carbocycles. The van der Waals surface area contributed by atoms with Gasteiger partial charge in [-0.3, -0.25) is 0 Å².